The number of halogens is 1. The van der Waals surface area contributed by atoms with E-state index in [1.807, 2.05) is 30.5 Å². The fourth-order valence-corrected chi connectivity index (χ4v) is 3.57. The monoisotopic (exact) mass is 293 g/mol. The number of aromatic nitrogens is 1. The molecule has 2 heterocycles. The molecule has 110 valence electrons. The molecular formula is C19H18FN2+. The van der Waals surface area contributed by atoms with Crippen LogP contribution in [0, 0.1) is 17.1 Å². The lowest BCUT2D eigenvalue weighted by molar-refractivity contribution is -0.741. The van der Waals surface area contributed by atoms with Crippen LogP contribution >= 0.6 is 0 Å². The molecular weight excluding hydrogens is 275 g/mol. The second-order valence-electron chi connectivity index (χ2n) is 5.66. The number of benzene rings is 1. The lowest BCUT2D eigenvalue weighted by atomic mass is 9.75. The molecule has 0 radical (unpaired) electrons. The van der Waals surface area contributed by atoms with E-state index >= 15 is 0 Å². The average molecular weight is 293 g/mol. The fourth-order valence-electron chi connectivity index (χ4n) is 3.57. The molecule has 0 bridgehead atoms. The van der Waals surface area contributed by atoms with Crippen molar-refractivity contribution in [3.63, 3.8) is 0 Å². The summed E-state index contributed by atoms with van der Waals surface area (Å²) in [7, 11) is 0. The van der Waals surface area contributed by atoms with E-state index in [1.54, 1.807) is 6.07 Å². The first-order valence-corrected chi connectivity index (χ1v) is 7.54. The number of pyridine rings is 1. The molecule has 1 aliphatic heterocycles. The number of hydrogen-bond donors (Lipinski definition) is 0. The van der Waals surface area contributed by atoms with E-state index in [4.69, 9.17) is 5.26 Å². The Morgan fingerprint density at radius 1 is 1.23 bits per heavy atom. The summed E-state index contributed by atoms with van der Waals surface area (Å²) in [6.07, 6.45) is 3.81. The summed E-state index contributed by atoms with van der Waals surface area (Å²) in [5.74, 6) is -0.479. The van der Waals surface area contributed by atoms with Crippen LogP contribution in [-0.4, -0.2) is 0 Å². The number of allylic oxidation sites excluding steroid dienone is 1. The van der Waals surface area contributed by atoms with Gasteiger partial charge in [0.2, 0.25) is 5.69 Å². The van der Waals surface area contributed by atoms with Crippen LogP contribution in [0.3, 0.4) is 0 Å². The van der Waals surface area contributed by atoms with Crippen molar-refractivity contribution in [3.8, 4) is 17.3 Å². The zero-order chi connectivity index (χ0) is 15.9. The van der Waals surface area contributed by atoms with Crippen molar-refractivity contribution in [2.75, 3.05) is 0 Å². The Kier molecular flexibility index (Phi) is 3.33. The molecule has 2 nitrogen and oxygen atoms in total. The van der Waals surface area contributed by atoms with Gasteiger partial charge in [0.25, 0.3) is 0 Å². The lowest BCUT2D eigenvalue weighted by Crippen LogP contribution is -2.59. The van der Waals surface area contributed by atoms with Crippen LogP contribution in [0.1, 0.15) is 37.8 Å². The highest BCUT2D eigenvalue weighted by Crippen LogP contribution is 2.43. The van der Waals surface area contributed by atoms with Crippen LogP contribution in [0.15, 0.2) is 43.1 Å². The lowest BCUT2D eigenvalue weighted by Gasteiger charge is -2.34. The molecule has 0 saturated heterocycles. The Morgan fingerprint density at radius 2 is 1.95 bits per heavy atom. The summed E-state index contributed by atoms with van der Waals surface area (Å²) in [5.41, 5.74) is 3.43. The summed E-state index contributed by atoms with van der Waals surface area (Å²) in [6, 6.07) is 11.0. The summed E-state index contributed by atoms with van der Waals surface area (Å²) < 4.78 is 16.3. The third kappa shape index (κ3) is 1.74. The van der Waals surface area contributed by atoms with E-state index in [9.17, 15) is 4.39 Å². The number of fused-ring (bicyclic) bond motifs is 3. The van der Waals surface area contributed by atoms with E-state index in [1.165, 1.54) is 6.07 Å². The Labute approximate surface area is 130 Å². The minimum atomic E-state index is -0.479. The van der Waals surface area contributed by atoms with E-state index in [2.05, 4.69) is 25.0 Å². The second kappa shape index (κ2) is 5.06. The molecule has 0 atom stereocenters. The Morgan fingerprint density at radius 3 is 2.59 bits per heavy atom. The summed E-state index contributed by atoms with van der Waals surface area (Å²) in [6.45, 7) is 8.53. The normalized spacial score (nSPS) is 14.9. The zero-order valence-electron chi connectivity index (χ0n) is 12.9. The molecule has 0 N–H and O–H groups in total. The van der Waals surface area contributed by atoms with Crippen molar-refractivity contribution < 1.29 is 8.96 Å². The Bertz CT molecular complexity index is 811. The van der Waals surface area contributed by atoms with Gasteiger partial charge in [-0.15, -0.1) is 0 Å². The molecule has 3 rings (SSSR count). The van der Waals surface area contributed by atoms with Crippen molar-refractivity contribution in [1.29, 1.82) is 5.26 Å². The van der Waals surface area contributed by atoms with Gasteiger partial charge in [-0.3, -0.25) is 0 Å². The van der Waals surface area contributed by atoms with E-state index < -0.39 is 5.82 Å². The third-order valence-electron chi connectivity index (χ3n) is 4.88. The molecule has 3 heteroatoms. The predicted molar refractivity (Wildman–Crippen MR) is 84.3 cm³/mol. The van der Waals surface area contributed by atoms with Gasteiger partial charge in [-0.2, -0.15) is 9.83 Å². The maximum absolute atomic E-state index is 14.1. The Balaban J connectivity index is 2.41. The molecule has 0 amide bonds. The quantitative estimate of drug-likeness (QED) is 0.763. The smallest absolute Gasteiger partial charge is 0.206 e. The van der Waals surface area contributed by atoms with Gasteiger partial charge in [0.15, 0.2) is 11.7 Å². The molecule has 0 unspecified atom stereocenters. The van der Waals surface area contributed by atoms with Crippen molar-refractivity contribution in [2.24, 2.45) is 0 Å². The largest absolute Gasteiger partial charge is 0.213 e. The third-order valence-corrected chi connectivity index (χ3v) is 4.88. The second-order valence-corrected chi connectivity index (χ2v) is 5.66. The predicted octanol–water partition coefficient (Wildman–Crippen LogP) is 4.19. The van der Waals surface area contributed by atoms with Crippen LogP contribution < -0.4 is 4.57 Å². The summed E-state index contributed by atoms with van der Waals surface area (Å²) >= 11 is 0. The van der Waals surface area contributed by atoms with Gasteiger partial charge in [0, 0.05) is 36.1 Å². The SMILES string of the molecule is C=C1c2cc(F)c(C#N)cc2-c2cccc[n+]2C1(CC)CC. The number of nitrogens with zero attached hydrogens (tertiary/aromatic N) is 2. The van der Waals surface area contributed by atoms with Crippen molar-refractivity contribution in [3.05, 3.63) is 60.1 Å². The molecule has 22 heavy (non-hydrogen) atoms. The van der Waals surface area contributed by atoms with Crippen LogP contribution in [-0.2, 0) is 5.54 Å². The van der Waals surface area contributed by atoms with E-state index in [-0.39, 0.29) is 11.1 Å². The minimum absolute atomic E-state index is 0.0717. The standard InChI is InChI=1S/C19H18FN2/c1-4-19(5-2)13(3)15-11-17(20)14(12-21)10-16(15)18-8-6-7-9-22(18)19/h6-11H,3-5H2,1-2H3/q+1. The van der Waals surface area contributed by atoms with Gasteiger partial charge in [0.1, 0.15) is 11.9 Å². The molecule has 0 fully saturated rings. The molecule has 1 aromatic carbocycles. The summed E-state index contributed by atoms with van der Waals surface area (Å²) in [4.78, 5) is 0. The topological polar surface area (TPSA) is 27.7 Å². The maximum Gasteiger partial charge on any atom is 0.213 e. The van der Waals surface area contributed by atoms with Crippen molar-refractivity contribution in [2.45, 2.75) is 32.2 Å². The highest BCUT2D eigenvalue weighted by atomic mass is 19.1. The molecule has 2 aromatic rings. The van der Waals surface area contributed by atoms with Gasteiger partial charge in [-0.05, 0) is 18.2 Å². The van der Waals surface area contributed by atoms with Gasteiger partial charge >= 0.3 is 0 Å². The highest BCUT2D eigenvalue weighted by Gasteiger charge is 2.46. The maximum atomic E-state index is 14.1. The molecule has 1 aromatic heterocycles. The van der Waals surface area contributed by atoms with Crippen LogP contribution in [0.2, 0.25) is 0 Å². The van der Waals surface area contributed by atoms with Gasteiger partial charge in [0.05, 0.1) is 11.1 Å². The number of rotatable bonds is 2. The first-order chi connectivity index (χ1) is 10.6. The van der Waals surface area contributed by atoms with Gasteiger partial charge < -0.3 is 0 Å². The number of hydrogen-bond acceptors (Lipinski definition) is 1. The number of nitriles is 1. The molecule has 1 aliphatic rings. The fraction of sp³-hybridized carbons (Fsp3) is 0.263. The Hall–Kier alpha value is -2.47. The van der Waals surface area contributed by atoms with Gasteiger partial charge in [-0.1, -0.05) is 20.4 Å². The molecule has 0 aliphatic carbocycles. The van der Waals surface area contributed by atoms with Crippen molar-refractivity contribution in [1.82, 2.24) is 0 Å². The first-order valence-electron chi connectivity index (χ1n) is 7.54. The minimum Gasteiger partial charge on any atom is -0.206 e. The summed E-state index contributed by atoms with van der Waals surface area (Å²) in [5, 5.41) is 9.11. The van der Waals surface area contributed by atoms with E-state index in [0.29, 0.717) is 0 Å². The molecule has 0 spiro atoms. The van der Waals surface area contributed by atoms with Crippen LogP contribution in [0.25, 0.3) is 16.8 Å². The van der Waals surface area contributed by atoms with Crippen LogP contribution in [0.4, 0.5) is 4.39 Å². The molecule has 0 saturated carbocycles. The zero-order valence-corrected chi connectivity index (χ0v) is 12.9. The van der Waals surface area contributed by atoms with Gasteiger partial charge in [-0.25, -0.2) is 4.39 Å². The van der Waals surface area contributed by atoms with Crippen LogP contribution in [0.5, 0.6) is 0 Å². The van der Waals surface area contributed by atoms with Crippen molar-refractivity contribution >= 4 is 5.57 Å². The van der Waals surface area contributed by atoms with E-state index in [0.717, 1.165) is 35.2 Å². The first kappa shape index (κ1) is 14.5. The average Bonchev–Trinajstić information content (AvgIpc) is 2.56. The highest BCUT2D eigenvalue weighted by molar-refractivity contribution is 5.83.